The first-order valence-corrected chi connectivity index (χ1v) is 11.1. The Bertz CT molecular complexity index is 986. The zero-order valence-corrected chi connectivity index (χ0v) is 17.6. The first-order chi connectivity index (χ1) is 14.6. The Morgan fingerprint density at radius 1 is 0.967 bits per heavy atom. The second kappa shape index (κ2) is 7.95. The van der Waals surface area contributed by atoms with Crippen molar-refractivity contribution in [3.63, 3.8) is 0 Å². The molecule has 0 N–H and O–H groups in total. The molecule has 5 nitrogen and oxygen atoms in total. The van der Waals surface area contributed by atoms with Crippen LogP contribution in [0.5, 0.6) is 5.75 Å². The minimum absolute atomic E-state index is 0.0578. The van der Waals surface area contributed by atoms with E-state index in [9.17, 15) is 9.59 Å². The summed E-state index contributed by atoms with van der Waals surface area (Å²) in [6, 6.07) is 13.5. The van der Waals surface area contributed by atoms with E-state index in [4.69, 9.17) is 16.3 Å². The van der Waals surface area contributed by atoms with Crippen LogP contribution in [0.15, 0.2) is 42.5 Å². The zero-order valence-electron chi connectivity index (χ0n) is 16.9. The molecular formula is C24H25ClN2O3. The van der Waals surface area contributed by atoms with Gasteiger partial charge in [0, 0.05) is 24.0 Å². The van der Waals surface area contributed by atoms with Crippen LogP contribution in [0.2, 0.25) is 5.02 Å². The Kier molecular flexibility index (Phi) is 5.15. The van der Waals surface area contributed by atoms with Crippen molar-refractivity contribution < 1.29 is 14.3 Å². The molecule has 0 aromatic heterocycles. The number of benzene rings is 2. The second-order valence-corrected chi connectivity index (χ2v) is 8.93. The summed E-state index contributed by atoms with van der Waals surface area (Å²) in [5.74, 6) is 0.936. The minimum atomic E-state index is -0.363. The van der Waals surface area contributed by atoms with Gasteiger partial charge in [-0.05, 0) is 53.8 Å². The third kappa shape index (κ3) is 3.67. The van der Waals surface area contributed by atoms with Gasteiger partial charge in [-0.3, -0.25) is 9.59 Å². The van der Waals surface area contributed by atoms with E-state index >= 15 is 0 Å². The van der Waals surface area contributed by atoms with Crippen LogP contribution in [0, 0.1) is 0 Å². The highest BCUT2D eigenvalue weighted by molar-refractivity contribution is 6.30. The Balaban J connectivity index is 1.32. The lowest BCUT2D eigenvalue weighted by atomic mass is 9.91. The minimum Gasteiger partial charge on any atom is -0.489 e. The van der Waals surface area contributed by atoms with Gasteiger partial charge in [0.15, 0.2) is 0 Å². The van der Waals surface area contributed by atoms with Crippen LogP contribution in [0.1, 0.15) is 42.4 Å². The van der Waals surface area contributed by atoms with E-state index in [0.29, 0.717) is 24.6 Å². The summed E-state index contributed by atoms with van der Waals surface area (Å²) in [6.07, 6.45) is 4.93. The van der Waals surface area contributed by atoms with Crippen LogP contribution in [-0.4, -0.2) is 40.2 Å². The van der Waals surface area contributed by atoms with Gasteiger partial charge in [-0.15, -0.1) is 0 Å². The third-order valence-corrected chi connectivity index (χ3v) is 6.80. The van der Waals surface area contributed by atoms with Crippen LogP contribution in [0.3, 0.4) is 0 Å². The maximum Gasteiger partial charge on any atom is 0.246 e. The summed E-state index contributed by atoms with van der Waals surface area (Å²) < 4.78 is 5.94. The Labute approximate surface area is 181 Å². The molecule has 1 saturated heterocycles. The molecule has 0 unspecified atom stereocenters. The fourth-order valence-corrected chi connectivity index (χ4v) is 5.17. The molecule has 0 spiro atoms. The standard InChI is InChI=1S/C24H25ClN2O3/c25-19-5-3-4-16(10-19)15-30-21-9-8-17-12-22-24(29)26(20-6-1-2-7-20)14-23(28)27(22)13-18(17)11-21/h3-5,8-11,20,22H,1-2,6-7,12-15H2/t22-/m1/s1. The van der Waals surface area contributed by atoms with Crippen molar-refractivity contribution in [3.05, 3.63) is 64.2 Å². The lowest BCUT2D eigenvalue weighted by Crippen LogP contribution is -2.63. The summed E-state index contributed by atoms with van der Waals surface area (Å²) in [5.41, 5.74) is 3.19. The maximum absolute atomic E-state index is 13.2. The molecular weight excluding hydrogens is 400 g/mol. The number of halogens is 1. The molecule has 30 heavy (non-hydrogen) atoms. The number of hydrogen-bond acceptors (Lipinski definition) is 3. The van der Waals surface area contributed by atoms with Gasteiger partial charge in [0.2, 0.25) is 11.8 Å². The highest BCUT2D eigenvalue weighted by Gasteiger charge is 2.44. The van der Waals surface area contributed by atoms with Crippen LogP contribution < -0.4 is 4.74 Å². The lowest BCUT2D eigenvalue weighted by Gasteiger charge is -2.45. The SMILES string of the molecule is O=C1[C@H]2Cc3ccc(OCc4cccc(Cl)c4)cc3CN2C(=O)CN1C1CCCC1. The van der Waals surface area contributed by atoms with Crippen molar-refractivity contribution in [2.75, 3.05) is 6.54 Å². The summed E-state index contributed by atoms with van der Waals surface area (Å²) in [4.78, 5) is 29.6. The monoisotopic (exact) mass is 424 g/mol. The van der Waals surface area contributed by atoms with Crippen molar-refractivity contribution in [1.29, 1.82) is 0 Å². The molecule has 2 aromatic rings. The molecule has 2 aliphatic heterocycles. The first kappa shape index (κ1) is 19.4. The molecule has 2 aromatic carbocycles. The summed E-state index contributed by atoms with van der Waals surface area (Å²) in [7, 11) is 0. The van der Waals surface area contributed by atoms with E-state index in [0.717, 1.165) is 48.1 Å². The average molecular weight is 425 g/mol. The summed E-state index contributed by atoms with van der Waals surface area (Å²) in [6.45, 7) is 1.12. The number of amides is 2. The lowest BCUT2D eigenvalue weighted by molar-refractivity contribution is -0.159. The molecule has 5 rings (SSSR count). The van der Waals surface area contributed by atoms with Crippen molar-refractivity contribution in [2.24, 2.45) is 0 Å². The molecule has 0 bridgehead atoms. The number of carbonyl (C=O) groups excluding carboxylic acids is 2. The number of rotatable bonds is 4. The molecule has 2 amide bonds. The van der Waals surface area contributed by atoms with E-state index in [-0.39, 0.29) is 30.4 Å². The smallest absolute Gasteiger partial charge is 0.246 e. The molecule has 6 heteroatoms. The number of ether oxygens (including phenoxy) is 1. The number of hydrogen-bond donors (Lipinski definition) is 0. The van der Waals surface area contributed by atoms with E-state index in [1.807, 2.05) is 47.4 Å². The van der Waals surface area contributed by atoms with Gasteiger partial charge in [-0.2, -0.15) is 0 Å². The van der Waals surface area contributed by atoms with Gasteiger partial charge < -0.3 is 14.5 Å². The molecule has 0 radical (unpaired) electrons. The van der Waals surface area contributed by atoms with Crippen molar-refractivity contribution in [3.8, 4) is 5.75 Å². The molecule has 1 saturated carbocycles. The van der Waals surface area contributed by atoms with Gasteiger partial charge in [-0.1, -0.05) is 42.6 Å². The normalized spacial score (nSPS) is 21.6. The van der Waals surface area contributed by atoms with Gasteiger partial charge in [0.1, 0.15) is 24.9 Å². The van der Waals surface area contributed by atoms with Crippen LogP contribution in [0.25, 0.3) is 0 Å². The number of nitrogens with zero attached hydrogens (tertiary/aromatic N) is 2. The molecule has 2 fully saturated rings. The third-order valence-electron chi connectivity index (χ3n) is 6.56. The summed E-state index contributed by atoms with van der Waals surface area (Å²) in [5, 5.41) is 0.688. The van der Waals surface area contributed by atoms with Gasteiger partial charge in [0.25, 0.3) is 0 Å². The summed E-state index contributed by atoms with van der Waals surface area (Å²) >= 11 is 6.04. The fraction of sp³-hybridized carbons (Fsp3) is 0.417. The largest absolute Gasteiger partial charge is 0.489 e. The molecule has 3 aliphatic rings. The van der Waals surface area contributed by atoms with Crippen molar-refractivity contribution >= 4 is 23.4 Å². The number of carbonyl (C=O) groups is 2. The Morgan fingerprint density at radius 3 is 2.60 bits per heavy atom. The zero-order chi connectivity index (χ0) is 20.7. The molecule has 156 valence electrons. The molecule has 1 aliphatic carbocycles. The van der Waals surface area contributed by atoms with Crippen LogP contribution in [0.4, 0.5) is 0 Å². The quantitative estimate of drug-likeness (QED) is 0.746. The number of fused-ring (bicyclic) bond motifs is 2. The predicted molar refractivity (Wildman–Crippen MR) is 114 cm³/mol. The van der Waals surface area contributed by atoms with E-state index < -0.39 is 0 Å². The average Bonchev–Trinajstić information content (AvgIpc) is 3.28. The van der Waals surface area contributed by atoms with E-state index in [1.54, 1.807) is 4.90 Å². The van der Waals surface area contributed by atoms with Gasteiger partial charge in [-0.25, -0.2) is 0 Å². The fourth-order valence-electron chi connectivity index (χ4n) is 4.96. The van der Waals surface area contributed by atoms with Crippen LogP contribution in [-0.2, 0) is 29.2 Å². The molecule has 2 heterocycles. The highest BCUT2D eigenvalue weighted by Crippen LogP contribution is 2.33. The highest BCUT2D eigenvalue weighted by atomic mass is 35.5. The Morgan fingerprint density at radius 2 is 1.80 bits per heavy atom. The maximum atomic E-state index is 13.2. The van der Waals surface area contributed by atoms with Gasteiger partial charge in [0.05, 0.1) is 0 Å². The Hall–Kier alpha value is -2.53. The topological polar surface area (TPSA) is 49.9 Å². The van der Waals surface area contributed by atoms with Crippen molar-refractivity contribution in [2.45, 2.75) is 57.3 Å². The number of piperazine rings is 1. The first-order valence-electron chi connectivity index (χ1n) is 10.7. The second-order valence-electron chi connectivity index (χ2n) is 8.50. The van der Waals surface area contributed by atoms with Crippen molar-refractivity contribution in [1.82, 2.24) is 9.80 Å². The molecule has 1 atom stereocenters. The van der Waals surface area contributed by atoms with E-state index in [2.05, 4.69) is 0 Å². The van der Waals surface area contributed by atoms with Gasteiger partial charge >= 0.3 is 0 Å². The van der Waals surface area contributed by atoms with E-state index in [1.165, 1.54) is 0 Å². The van der Waals surface area contributed by atoms with Crippen LogP contribution >= 0.6 is 11.6 Å². The predicted octanol–water partition coefficient (Wildman–Crippen LogP) is 3.96.